The minimum Gasteiger partial charge on any atom is -0.373 e. The first kappa shape index (κ1) is 17.7. The Bertz CT molecular complexity index is 700. The van der Waals surface area contributed by atoms with Gasteiger partial charge in [0.1, 0.15) is 0 Å². The molecule has 0 radical (unpaired) electrons. The van der Waals surface area contributed by atoms with Crippen molar-refractivity contribution in [3.8, 4) is 0 Å². The van der Waals surface area contributed by atoms with E-state index in [-0.39, 0.29) is 23.5 Å². The first-order valence-electron chi connectivity index (χ1n) is 8.84. The molecule has 0 N–H and O–H groups in total. The number of amides is 1. The van der Waals surface area contributed by atoms with Gasteiger partial charge in [0.15, 0.2) is 5.82 Å². The molecule has 0 aromatic carbocycles. The molecule has 25 heavy (non-hydrogen) atoms. The van der Waals surface area contributed by atoms with Crippen LogP contribution in [0.1, 0.15) is 19.3 Å². The summed E-state index contributed by atoms with van der Waals surface area (Å²) in [5.41, 5.74) is -0.136. The van der Waals surface area contributed by atoms with Crippen molar-refractivity contribution in [2.45, 2.75) is 25.4 Å². The van der Waals surface area contributed by atoms with Crippen molar-refractivity contribution >= 4 is 11.7 Å². The maximum absolute atomic E-state index is 12.7. The molecule has 136 valence electrons. The molecule has 0 unspecified atom stereocenters. The van der Waals surface area contributed by atoms with Gasteiger partial charge in [0.05, 0.1) is 12.7 Å². The second-order valence-corrected chi connectivity index (χ2v) is 6.81. The van der Waals surface area contributed by atoms with Crippen LogP contribution in [0.15, 0.2) is 29.3 Å². The van der Waals surface area contributed by atoms with Gasteiger partial charge in [-0.2, -0.15) is 0 Å². The fourth-order valence-corrected chi connectivity index (χ4v) is 3.44. The average molecular weight is 346 g/mol. The van der Waals surface area contributed by atoms with Gasteiger partial charge in [0, 0.05) is 52.0 Å². The fourth-order valence-electron chi connectivity index (χ4n) is 3.44. The van der Waals surface area contributed by atoms with Crippen molar-refractivity contribution in [2.75, 3.05) is 38.2 Å². The van der Waals surface area contributed by atoms with Crippen molar-refractivity contribution in [2.24, 2.45) is 13.0 Å². The Labute approximate surface area is 147 Å². The van der Waals surface area contributed by atoms with Crippen LogP contribution >= 0.6 is 0 Å². The van der Waals surface area contributed by atoms with Crippen LogP contribution in [0.4, 0.5) is 5.82 Å². The van der Waals surface area contributed by atoms with Gasteiger partial charge in [-0.05, 0) is 19.3 Å². The Morgan fingerprint density at radius 1 is 1.44 bits per heavy atom. The van der Waals surface area contributed by atoms with Crippen LogP contribution in [0.25, 0.3) is 0 Å². The lowest BCUT2D eigenvalue weighted by atomic mass is 9.93. The van der Waals surface area contributed by atoms with Crippen molar-refractivity contribution < 1.29 is 9.53 Å². The van der Waals surface area contributed by atoms with E-state index in [1.165, 1.54) is 4.57 Å². The molecule has 2 aliphatic rings. The summed E-state index contributed by atoms with van der Waals surface area (Å²) in [7, 11) is 3.54. The third-order valence-corrected chi connectivity index (χ3v) is 4.91. The Morgan fingerprint density at radius 2 is 2.28 bits per heavy atom. The Hall–Kier alpha value is -2.15. The summed E-state index contributed by atoms with van der Waals surface area (Å²) in [5, 5.41) is 0. The summed E-state index contributed by atoms with van der Waals surface area (Å²) in [6, 6.07) is 0. The monoisotopic (exact) mass is 346 g/mol. The van der Waals surface area contributed by atoms with Crippen molar-refractivity contribution in [3.63, 3.8) is 0 Å². The molecule has 1 aromatic heterocycles. The molecule has 7 nitrogen and oxygen atoms in total. The highest BCUT2D eigenvalue weighted by molar-refractivity contribution is 5.79. The van der Waals surface area contributed by atoms with Crippen molar-refractivity contribution in [1.29, 1.82) is 0 Å². The number of nitrogens with zero attached hydrogens (tertiary/aromatic N) is 4. The van der Waals surface area contributed by atoms with E-state index in [1.54, 1.807) is 19.4 Å². The number of anilines is 1. The number of hydrogen-bond acceptors (Lipinski definition) is 5. The molecule has 1 saturated heterocycles. The summed E-state index contributed by atoms with van der Waals surface area (Å²) < 4.78 is 7.33. The number of aromatic nitrogens is 2. The van der Waals surface area contributed by atoms with Crippen LogP contribution < -0.4 is 10.5 Å². The average Bonchev–Trinajstić information content (AvgIpc) is 2.64. The van der Waals surface area contributed by atoms with Crippen LogP contribution in [-0.4, -0.2) is 59.8 Å². The molecule has 3 rings (SSSR count). The SMILES string of the molecule is CN(C[C@@H]1CN(C(=O)[C@@H]2CC=CCC2)CCO1)c1nccn(C)c1=O. The number of likely N-dealkylation sites (N-methyl/N-ethyl adjacent to an activating group) is 1. The zero-order valence-corrected chi connectivity index (χ0v) is 14.9. The van der Waals surface area contributed by atoms with E-state index in [2.05, 4.69) is 17.1 Å². The number of carbonyl (C=O) groups excluding carboxylic acids is 1. The Balaban J connectivity index is 1.61. The van der Waals surface area contributed by atoms with Gasteiger partial charge >= 0.3 is 0 Å². The Kier molecular flexibility index (Phi) is 5.53. The molecular formula is C18H26N4O3. The van der Waals surface area contributed by atoms with Crippen molar-refractivity contribution in [1.82, 2.24) is 14.5 Å². The van der Waals surface area contributed by atoms with Gasteiger partial charge in [-0.1, -0.05) is 12.2 Å². The van der Waals surface area contributed by atoms with Crippen LogP contribution in [0.5, 0.6) is 0 Å². The molecule has 0 bridgehead atoms. The molecule has 1 fully saturated rings. The summed E-state index contributed by atoms with van der Waals surface area (Å²) in [6.07, 6.45) is 10.1. The molecule has 1 aliphatic carbocycles. The summed E-state index contributed by atoms with van der Waals surface area (Å²) >= 11 is 0. The van der Waals surface area contributed by atoms with E-state index < -0.39 is 0 Å². The highest BCUT2D eigenvalue weighted by atomic mass is 16.5. The second kappa shape index (κ2) is 7.82. The first-order chi connectivity index (χ1) is 12.1. The summed E-state index contributed by atoms with van der Waals surface area (Å²) in [4.78, 5) is 32.8. The van der Waals surface area contributed by atoms with Gasteiger partial charge in [-0.15, -0.1) is 0 Å². The van der Waals surface area contributed by atoms with Gasteiger partial charge in [0.2, 0.25) is 5.91 Å². The highest BCUT2D eigenvalue weighted by Gasteiger charge is 2.30. The molecule has 2 heterocycles. The lowest BCUT2D eigenvalue weighted by Gasteiger charge is -2.36. The number of aryl methyl sites for hydroxylation is 1. The molecule has 1 amide bonds. The molecular weight excluding hydrogens is 320 g/mol. The third kappa shape index (κ3) is 4.10. The van der Waals surface area contributed by atoms with E-state index in [0.717, 1.165) is 19.3 Å². The summed E-state index contributed by atoms with van der Waals surface area (Å²) in [6.45, 7) is 2.27. The van der Waals surface area contributed by atoms with Crippen LogP contribution in [0, 0.1) is 5.92 Å². The van der Waals surface area contributed by atoms with E-state index in [0.29, 0.717) is 32.1 Å². The molecule has 2 atom stereocenters. The molecule has 1 aliphatic heterocycles. The van der Waals surface area contributed by atoms with Gasteiger partial charge < -0.3 is 19.1 Å². The summed E-state index contributed by atoms with van der Waals surface area (Å²) in [5.74, 6) is 0.730. The molecule has 0 saturated carbocycles. The topological polar surface area (TPSA) is 67.7 Å². The normalized spacial score (nSPS) is 23.5. The number of allylic oxidation sites excluding steroid dienone is 2. The minimum absolute atomic E-state index is 0.101. The predicted octanol–water partition coefficient (Wildman–Crippen LogP) is 0.800. The quantitative estimate of drug-likeness (QED) is 0.755. The highest BCUT2D eigenvalue weighted by Crippen LogP contribution is 2.22. The lowest BCUT2D eigenvalue weighted by molar-refractivity contribution is -0.143. The standard InChI is InChI=1S/C18H26N4O3/c1-20-9-8-19-16(18(20)24)21(2)12-15-13-22(10-11-25-15)17(23)14-6-4-3-5-7-14/h3-4,8-9,14-15H,5-7,10-13H2,1-2H3/t14-,15-/m1/s1. The molecule has 1 aromatic rings. The number of ether oxygens (including phenoxy) is 1. The largest absolute Gasteiger partial charge is 0.373 e. The van der Waals surface area contributed by atoms with Crippen LogP contribution in [0.2, 0.25) is 0 Å². The smallest absolute Gasteiger partial charge is 0.293 e. The third-order valence-electron chi connectivity index (χ3n) is 4.91. The van der Waals surface area contributed by atoms with Gasteiger partial charge in [-0.25, -0.2) is 4.98 Å². The number of rotatable bonds is 4. The zero-order chi connectivity index (χ0) is 17.8. The minimum atomic E-state index is -0.136. The molecule has 0 spiro atoms. The van der Waals surface area contributed by atoms with Crippen LogP contribution in [0.3, 0.4) is 0 Å². The zero-order valence-electron chi connectivity index (χ0n) is 14.9. The number of hydrogen-bond donors (Lipinski definition) is 0. The van der Waals surface area contributed by atoms with E-state index in [4.69, 9.17) is 4.74 Å². The number of morpholine rings is 1. The van der Waals surface area contributed by atoms with Crippen LogP contribution in [-0.2, 0) is 16.6 Å². The number of carbonyl (C=O) groups is 1. The Morgan fingerprint density at radius 3 is 3.04 bits per heavy atom. The maximum atomic E-state index is 12.7. The van der Waals surface area contributed by atoms with Gasteiger partial charge in [-0.3, -0.25) is 9.59 Å². The first-order valence-corrected chi connectivity index (χ1v) is 8.84. The maximum Gasteiger partial charge on any atom is 0.293 e. The van der Waals surface area contributed by atoms with E-state index >= 15 is 0 Å². The van der Waals surface area contributed by atoms with Gasteiger partial charge in [0.25, 0.3) is 5.56 Å². The van der Waals surface area contributed by atoms with E-state index in [9.17, 15) is 9.59 Å². The van der Waals surface area contributed by atoms with Crippen molar-refractivity contribution in [3.05, 3.63) is 34.9 Å². The van der Waals surface area contributed by atoms with E-state index in [1.807, 2.05) is 16.8 Å². The second-order valence-electron chi connectivity index (χ2n) is 6.81. The predicted molar refractivity (Wildman–Crippen MR) is 95.5 cm³/mol. The fraction of sp³-hybridized carbons (Fsp3) is 0.611. The molecule has 7 heteroatoms. The lowest BCUT2D eigenvalue weighted by Crippen LogP contribution is -2.51.